The zero-order valence-corrected chi connectivity index (χ0v) is 14.3. The van der Waals surface area contributed by atoms with Crippen molar-refractivity contribution >= 4 is 40.9 Å². The molecule has 1 atom stereocenters. The SMILES string of the molecule is O=C(C[C@@H]1Sc2ccc(Cl)cc2NC1=O)NC(C1CC1)C1CC1. The molecule has 0 radical (unpaired) electrons. The van der Waals surface area contributed by atoms with Gasteiger partial charge in [0.25, 0.3) is 0 Å². The van der Waals surface area contributed by atoms with Crippen LogP contribution in [0.5, 0.6) is 0 Å². The van der Waals surface area contributed by atoms with E-state index in [9.17, 15) is 9.59 Å². The van der Waals surface area contributed by atoms with E-state index in [-0.39, 0.29) is 23.5 Å². The molecule has 0 bridgehead atoms. The Balaban J connectivity index is 1.39. The summed E-state index contributed by atoms with van der Waals surface area (Å²) in [5.41, 5.74) is 0.734. The maximum absolute atomic E-state index is 12.4. The molecule has 6 heteroatoms. The zero-order valence-electron chi connectivity index (χ0n) is 12.7. The van der Waals surface area contributed by atoms with Gasteiger partial charge in [0.1, 0.15) is 0 Å². The van der Waals surface area contributed by atoms with Gasteiger partial charge in [-0.25, -0.2) is 0 Å². The minimum Gasteiger partial charge on any atom is -0.353 e. The second-order valence-corrected chi connectivity index (χ2v) is 8.39. The average Bonchev–Trinajstić information content (AvgIpc) is 3.37. The van der Waals surface area contributed by atoms with Gasteiger partial charge < -0.3 is 10.6 Å². The quantitative estimate of drug-likeness (QED) is 0.855. The van der Waals surface area contributed by atoms with E-state index in [1.807, 2.05) is 6.07 Å². The van der Waals surface area contributed by atoms with Crippen LogP contribution in [-0.2, 0) is 9.59 Å². The Morgan fingerprint density at radius 2 is 2.00 bits per heavy atom. The van der Waals surface area contributed by atoms with Gasteiger partial charge in [-0.3, -0.25) is 9.59 Å². The molecular weight excluding hydrogens is 332 g/mol. The highest BCUT2D eigenvalue weighted by Gasteiger charge is 2.42. The largest absolute Gasteiger partial charge is 0.353 e. The van der Waals surface area contributed by atoms with E-state index in [4.69, 9.17) is 11.6 Å². The topological polar surface area (TPSA) is 58.2 Å². The van der Waals surface area contributed by atoms with Crippen LogP contribution in [0.2, 0.25) is 5.02 Å². The van der Waals surface area contributed by atoms with Crippen LogP contribution in [0.25, 0.3) is 0 Å². The van der Waals surface area contributed by atoms with Gasteiger partial charge in [0, 0.05) is 22.4 Å². The number of thioether (sulfide) groups is 1. The Hall–Kier alpha value is -1.20. The fourth-order valence-electron chi connectivity index (χ4n) is 3.20. The normalized spacial score (nSPS) is 23.4. The van der Waals surface area contributed by atoms with E-state index >= 15 is 0 Å². The summed E-state index contributed by atoms with van der Waals surface area (Å²) >= 11 is 7.39. The summed E-state index contributed by atoms with van der Waals surface area (Å²) in [6.45, 7) is 0. The zero-order chi connectivity index (χ0) is 16.0. The van der Waals surface area contributed by atoms with Crippen LogP contribution in [0.1, 0.15) is 32.1 Å². The van der Waals surface area contributed by atoms with Gasteiger partial charge in [0.15, 0.2) is 0 Å². The fourth-order valence-corrected chi connectivity index (χ4v) is 4.46. The highest BCUT2D eigenvalue weighted by Crippen LogP contribution is 2.44. The molecule has 2 aliphatic carbocycles. The van der Waals surface area contributed by atoms with E-state index in [2.05, 4.69) is 10.6 Å². The number of benzene rings is 1. The molecule has 2 N–H and O–H groups in total. The molecule has 1 aliphatic heterocycles. The van der Waals surface area contributed by atoms with Gasteiger partial charge in [0.05, 0.1) is 10.9 Å². The van der Waals surface area contributed by atoms with Gasteiger partial charge >= 0.3 is 0 Å². The molecule has 1 aromatic rings. The standard InChI is InChI=1S/C17H19ClN2O2S/c18-11-5-6-13-12(7-11)19-17(22)14(23-13)8-15(21)20-16(9-1-2-9)10-3-4-10/h5-7,9-10,14,16H,1-4,8H2,(H,19,22)(H,20,21)/t14-/m0/s1. The first-order chi connectivity index (χ1) is 11.1. The van der Waals surface area contributed by atoms with Crippen LogP contribution in [0.4, 0.5) is 5.69 Å². The molecular formula is C17H19ClN2O2S. The van der Waals surface area contributed by atoms with Gasteiger partial charge in [0.2, 0.25) is 11.8 Å². The number of carbonyl (C=O) groups excluding carboxylic acids is 2. The van der Waals surface area contributed by atoms with Crippen LogP contribution < -0.4 is 10.6 Å². The van der Waals surface area contributed by atoms with Crippen molar-refractivity contribution in [3.8, 4) is 0 Å². The summed E-state index contributed by atoms with van der Waals surface area (Å²) in [6.07, 6.45) is 5.15. The Kier molecular flexibility index (Phi) is 4.01. The number of carbonyl (C=O) groups is 2. The lowest BCUT2D eigenvalue weighted by Gasteiger charge is -2.25. The molecule has 2 saturated carbocycles. The monoisotopic (exact) mass is 350 g/mol. The summed E-state index contributed by atoms with van der Waals surface area (Å²) in [4.78, 5) is 25.6. The van der Waals surface area contributed by atoms with Gasteiger partial charge in [-0.2, -0.15) is 0 Å². The summed E-state index contributed by atoms with van der Waals surface area (Å²) in [7, 11) is 0. The molecule has 4 nitrogen and oxygen atoms in total. The number of anilines is 1. The van der Waals surface area contributed by atoms with Crippen LogP contribution in [-0.4, -0.2) is 23.1 Å². The van der Waals surface area contributed by atoms with Crippen molar-refractivity contribution in [3.63, 3.8) is 0 Å². The minimum atomic E-state index is -0.372. The molecule has 1 heterocycles. The van der Waals surface area contributed by atoms with Crippen LogP contribution >= 0.6 is 23.4 Å². The lowest BCUT2D eigenvalue weighted by molar-refractivity contribution is -0.124. The fraction of sp³-hybridized carbons (Fsp3) is 0.529. The third kappa shape index (κ3) is 3.50. The maximum Gasteiger partial charge on any atom is 0.238 e. The predicted octanol–water partition coefficient (Wildman–Crippen LogP) is 3.45. The Morgan fingerprint density at radius 1 is 1.30 bits per heavy atom. The number of hydrogen-bond donors (Lipinski definition) is 2. The smallest absolute Gasteiger partial charge is 0.238 e. The minimum absolute atomic E-state index is 0.00105. The first-order valence-corrected chi connectivity index (χ1v) is 9.42. The lowest BCUT2D eigenvalue weighted by Crippen LogP contribution is -2.41. The first-order valence-electron chi connectivity index (χ1n) is 8.16. The number of hydrogen-bond acceptors (Lipinski definition) is 3. The van der Waals surface area contributed by atoms with Crippen molar-refractivity contribution < 1.29 is 9.59 Å². The van der Waals surface area contributed by atoms with Crippen molar-refractivity contribution in [2.24, 2.45) is 11.8 Å². The number of nitrogens with one attached hydrogen (secondary N) is 2. The molecule has 0 aromatic heterocycles. The molecule has 4 rings (SSSR count). The van der Waals surface area contributed by atoms with Crippen molar-refractivity contribution in [3.05, 3.63) is 23.2 Å². The summed E-state index contributed by atoms with van der Waals surface area (Å²) in [6, 6.07) is 5.78. The van der Waals surface area contributed by atoms with E-state index < -0.39 is 0 Å². The molecule has 0 unspecified atom stereocenters. The van der Waals surface area contributed by atoms with E-state index in [0.29, 0.717) is 22.9 Å². The number of halogens is 1. The highest BCUT2D eigenvalue weighted by atomic mass is 35.5. The molecule has 0 saturated heterocycles. The molecule has 122 valence electrons. The van der Waals surface area contributed by atoms with E-state index in [1.165, 1.54) is 37.4 Å². The van der Waals surface area contributed by atoms with Crippen molar-refractivity contribution in [2.75, 3.05) is 5.32 Å². The molecule has 2 fully saturated rings. The van der Waals surface area contributed by atoms with Gasteiger partial charge in [-0.15, -0.1) is 11.8 Å². The average molecular weight is 351 g/mol. The van der Waals surface area contributed by atoms with E-state index in [0.717, 1.165) is 10.6 Å². The van der Waals surface area contributed by atoms with Crippen molar-refractivity contribution in [1.29, 1.82) is 0 Å². The number of rotatable bonds is 5. The van der Waals surface area contributed by atoms with Gasteiger partial charge in [-0.05, 0) is 55.7 Å². The molecule has 1 aromatic carbocycles. The predicted molar refractivity (Wildman–Crippen MR) is 91.7 cm³/mol. The highest BCUT2D eigenvalue weighted by molar-refractivity contribution is 8.01. The Morgan fingerprint density at radius 3 is 2.65 bits per heavy atom. The van der Waals surface area contributed by atoms with E-state index in [1.54, 1.807) is 12.1 Å². The lowest BCUT2D eigenvalue weighted by atomic mass is 10.1. The maximum atomic E-state index is 12.4. The Labute approximate surface area is 144 Å². The summed E-state index contributed by atoms with van der Waals surface area (Å²) in [5, 5.41) is 6.27. The summed E-state index contributed by atoms with van der Waals surface area (Å²) in [5.74, 6) is 1.22. The number of fused-ring (bicyclic) bond motifs is 1. The molecule has 3 aliphatic rings. The molecule has 0 spiro atoms. The second kappa shape index (κ2) is 6.02. The van der Waals surface area contributed by atoms with Crippen molar-refractivity contribution in [1.82, 2.24) is 5.32 Å². The number of amides is 2. The molecule has 2 amide bonds. The summed E-state index contributed by atoms with van der Waals surface area (Å²) < 4.78 is 0. The van der Waals surface area contributed by atoms with Crippen LogP contribution in [0.15, 0.2) is 23.1 Å². The van der Waals surface area contributed by atoms with Crippen LogP contribution in [0, 0.1) is 11.8 Å². The Bertz CT molecular complexity index is 646. The van der Waals surface area contributed by atoms with Gasteiger partial charge in [-0.1, -0.05) is 11.6 Å². The third-order valence-corrected chi connectivity index (χ3v) is 6.23. The second-order valence-electron chi connectivity index (χ2n) is 6.71. The third-order valence-electron chi connectivity index (χ3n) is 4.72. The first kappa shape index (κ1) is 15.3. The van der Waals surface area contributed by atoms with Crippen molar-refractivity contribution in [2.45, 2.75) is 48.3 Å². The van der Waals surface area contributed by atoms with Crippen LogP contribution in [0.3, 0.4) is 0 Å². The molecule has 23 heavy (non-hydrogen) atoms.